The molecule has 136 valence electrons. The Balaban J connectivity index is 1.53. The van der Waals surface area contributed by atoms with Crippen molar-refractivity contribution in [1.82, 2.24) is 9.55 Å². The van der Waals surface area contributed by atoms with Gasteiger partial charge < -0.3 is 9.88 Å². The maximum Gasteiger partial charge on any atom is 0.263 e. The standard InChI is InChI=1S/C17H18N4O3S2/c22-16(4-3-12-21-10-1-2-11-21)19-14-5-7-15(8-6-14)26(23,24)20-17-18-9-13-25-17/h1-2,5-11,13H,3-4,12H2,(H,18,20)(H,19,22). The Labute approximate surface area is 155 Å². The topological polar surface area (TPSA) is 93.1 Å². The van der Waals surface area contributed by atoms with Crippen molar-refractivity contribution in [3.8, 4) is 0 Å². The molecule has 3 rings (SSSR count). The first-order valence-electron chi connectivity index (χ1n) is 7.96. The molecule has 0 fully saturated rings. The van der Waals surface area contributed by atoms with Gasteiger partial charge in [0.2, 0.25) is 5.91 Å². The molecule has 0 atom stereocenters. The maximum atomic E-state index is 12.3. The Hall–Kier alpha value is -2.65. The minimum atomic E-state index is -3.69. The molecule has 0 saturated heterocycles. The number of aryl methyl sites for hydroxylation is 1. The first-order chi connectivity index (χ1) is 12.5. The van der Waals surface area contributed by atoms with Gasteiger partial charge in [-0.15, -0.1) is 11.3 Å². The van der Waals surface area contributed by atoms with E-state index in [4.69, 9.17) is 0 Å². The zero-order valence-corrected chi connectivity index (χ0v) is 15.5. The van der Waals surface area contributed by atoms with Crippen molar-refractivity contribution in [3.63, 3.8) is 0 Å². The molecule has 1 amide bonds. The molecule has 1 aromatic carbocycles. The van der Waals surface area contributed by atoms with E-state index in [1.54, 1.807) is 17.5 Å². The lowest BCUT2D eigenvalue weighted by Crippen LogP contribution is -2.14. The van der Waals surface area contributed by atoms with Gasteiger partial charge in [0, 0.05) is 42.6 Å². The smallest absolute Gasteiger partial charge is 0.263 e. The van der Waals surface area contributed by atoms with Crippen LogP contribution in [0.4, 0.5) is 10.8 Å². The average Bonchev–Trinajstić information content (AvgIpc) is 3.29. The lowest BCUT2D eigenvalue weighted by atomic mass is 10.2. The second-order valence-electron chi connectivity index (χ2n) is 5.54. The highest BCUT2D eigenvalue weighted by Crippen LogP contribution is 2.19. The number of sulfonamides is 1. The summed E-state index contributed by atoms with van der Waals surface area (Å²) in [5.74, 6) is -0.103. The number of amides is 1. The molecule has 7 nitrogen and oxygen atoms in total. The molecular weight excluding hydrogens is 372 g/mol. The number of nitrogens with zero attached hydrogens (tertiary/aromatic N) is 2. The molecule has 0 bridgehead atoms. The first-order valence-corrected chi connectivity index (χ1v) is 10.3. The van der Waals surface area contributed by atoms with Crippen molar-refractivity contribution in [2.75, 3.05) is 10.0 Å². The van der Waals surface area contributed by atoms with Crippen LogP contribution in [0.2, 0.25) is 0 Å². The van der Waals surface area contributed by atoms with Crippen LogP contribution in [0.25, 0.3) is 0 Å². The van der Waals surface area contributed by atoms with Crippen molar-refractivity contribution in [2.24, 2.45) is 0 Å². The molecule has 0 radical (unpaired) electrons. The van der Waals surface area contributed by atoms with E-state index in [0.29, 0.717) is 17.2 Å². The molecule has 2 N–H and O–H groups in total. The molecule has 26 heavy (non-hydrogen) atoms. The maximum absolute atomic E-state index is 12.3. The van der Waals surface area contributed by atoms with Gasteiger partial charge in [-0.05, 0) is 42.8 Å². The van der Waals surface area contributed by atoms with Gasteiger partial charge in [0.25, 0.3) is 10.0 Å². The molecule has 0 saturated carbocycles. The quantitative estimate of drug-likeness (QED) is 0.618. The van der Waals surface area contributed by atoms with E-state index in [0.717, 1.165) is 13.0 Å². The predicted octanol–water partition coefficient (Wildman–Crippen LogP) is 3.16. The van der Waals surface area contributed by atoms with Gasteiger partial charge in [0.15, 0.2) is 5.13 Å². The molecular formula is C17H18N4O3S2. The van der Waals surface area contributed by atoms with E-state index in [1.165, 1.54) is 29.7 Å². The minimum absolute atomic E-state index is 0.103. The summed E-state index contributed by atoms with van der Waals surface area (Å²) in [6, 6.07) is 9.93. The van der Waals surface area contributed by atoms with Gasteiger partial charge in [0.05, 0.1) is 4.90 Å². The third-order valence-electron chi connectivity index (χ3n) is 3.59. The highest BCUT2D eigenvalue weighted by Gasteiger charge is 2.15. The molecule has 0 aliphatic heterocycles. The molecule has 9 heteroatoms. The van der Waals surface area contributed by atoms with Gasteiger partial charge in [-0.25, -0.2) is 13.4 Å². The number of hydrogen-bond acceptors (Lipinski definition) is 5. The van der Waals surface area contributed by atoms with Crippen LogP contribution < -0.4 is 10.0 Å². The summed E-state index contributed by atoms with van der Waals surface area (Å²) < 4.78 is 28.9. The molecule has 0 aliphatic carbocycles. The zero-order valence-electron chi connectivity index (χ0n) is 13.8. The Morgan fingerprint density at radius 2 is 1.88 bits per heavy atom. The van der Waals surface area contributed by atoms with Crippen molar-refractivity contribution >= 4 is 38.1 Å². The summed E-state index contributed by atoms with van der Waals surface area (Å²) in [6.45, 7) is 0.778. The van der Waals surface area contributed by atoms with Crippen molar-refractivity contribution < 1.29 is 13.2 Å². The lowest BCUT2D eigenvalue weighted by molar-refractivity contribution is -0.116. The number of rotatable bonds is 8. The molecule has 2 heterocycles. The summed E-state index contributed by atoms with van der Waals surface area (Å²) in [5, 5.41) is 4.77. The number of hydrogen-bond donors (Lipinski definition) is 2. The van der Waals surface area contributed by atoms with E-state index < -0.39 is 10.0 Å². The monoisotopic (exact) mass is 390 g/mol. The predicted molar refractivity (Wildman–Crippen MR) is 102 cm³/mol. The van der Waals surface area contributed by atoms with Crippen molar-refractivity contribution in [3.05, 3.63) is 60.4 Å². The van der Waals surface area contributed by atoms with Crippen molar-refractivity contribution in [2.45, 2.75) is 24.3 Å². The minimum Gasteiger partial charge on any atom is -0.354 e. The molecule has 0 aliphatic rings. The molecule has 0 spiro atoms. The van der Waals surface area contributed by atoms with E-state index in [1.807, 2.05) is 29.1 Å². The summed E-state index contributed by atoms with van der Waals surface area (Å²) >= 11 is 1.20. The van der Waals surface area contributed by atoms with Crippen LogP contribution in [0, 0.1) is 0 Å². The number of carbonyl (C=O) groups is 1. The Bertz CT molecular complexity index is 935. The Morgan fingerprint density at radius 3 is 2.54 bits per heavy atom. The number of aromatic nitrogens is 2. The second kappa shape index (κ2) is 8.15. The molecule has 3 aromatic rings. The van der Waals surface area contributed by atoms with Crippen molar-refractivity contribution in [1.29, 1.82) is 0 Å². The third-order valence-corrected chi connectivity index (χ3v) is 5.76. The van der Waals surface area contributed by atoms with Gasteiger partial charge in [-0.3, -0.25) is 9.52 Å². The van der Waals surface area contributed by atoms with Crippen LogP contribution in [0.3, 0.4) is 0 Å². The van der Waals surface area contributed by atoms with Crippen LogP contribution in [-0.2, 0) is 21.4 Å². The number of benzene rings is 1. The van der Waals surface area contributed by atoms with Crippen LogP contribution in [0.15, 0.2) is 65.3 Å². The second-order valence-corrected chi connectivity index (χ2v) is 8.12. The van der Waals surface area contributed by atoms with Gasteiger partial charge in [0.1, 0.15) is 0 Å². The van der Waals surface area contributed by atoms with Crippen LogP contribution in [0.5, 0.6) is 0 Å². The number of thiazole rings is 1. The highest BCUT2D eigenvalue weighted by atomic mass is 32.2. The van der Waals surface area contributed by atoms with E-state index in [9.17, 15) is 13.2 Å². The zero-order chi connectivity index (χ0) is 18.4. The number of carbonyl (C=O) groups excluding carboxylic acids is 1. The van der Waals surface area contributed by atoms with Gasteiger partial charge in [-0.1, -0.05) is 0 Å². The Morgan fingerprint density at radius 1 is 1.15 bits per heavy atom. The molecule has 0 unspecified atom stereocenters. The summed E-state index contributed by atoms with van der Waals surface area (Å²) in [7, 11) is -3.69. The summed E-state index contributed by atoms with van der Waals surface area (Å²) in [6.07, 6.45) is 6.56. The number of nitrogens with one attached hydrogen (secondary N) is 2. The fourth-order valence-corrected chi connectivity index (χ4v) is 4.12. The number of anilines is 2. The van der Waals surface area contributed by atoms with E-state index in [2.05, 4.69) is 15.0 Å². The third kappa shape index (κ3) is 4.93. The SMILES string of the molecule is O=C(CCCn1cccc1)Nc1ccc(S(=O)(=O)Nc2nccs2)cc1. The first kappa shape index (κ1) is 18.2. The largest absolute Gasteiger partial charge is 0.354 e. The summed E-state index contributed by atoms with van der Waals surface area (Å²) in [5.41, 5.74) is 0.559. The van der Waals surface area contributed by atoms with Crippen LogP contribution in [-0.4, -0.2) is 23.9 Å². The normalized spacial score (nSPS) is 11.2. The Kier molecular flexibility index (Phi) is 5.69. The average molecular weight is 390 g/mol. The van der Waals surface area contributed by atoms with Gasteiger partial charge in [-0.2, -0.15) is 0 Å². The molecule has 2 aromatic heterocycles. The fraction of sp³-hybridized carbons (Fsp3) is 0.176. The van der Waals surface area contributed by atoms with Crippen LogP contribution in [0.1, 0.15) is 12.8 Å². The summed E-state index contributed by atoms with van der Waals surface area (Å²) in [4.78, 5) is 16.0. The highest BCUT2D eigenvalue weighted by molar-refractivity contribution is 7.93. The fourth-order valence-electron chi connectivity index (χ4n) is 2.33. The van der Waals surface area contributed by atoms with Gasteiger partial charge >= 0.3 is 0 Å². The van der Waals surface area contributed by atoms with E-state index >= 15 is 0 Å². The van der Waals surface area contributed by atoms with E-state index in [-0.39, 0.29) is 10.8 Å². The lowest BCUT2D eigenvalue weighted by Gasteiger charge is -2.08. The van der Waals surface area contributed by atoms with Crippen LogP contribution >= 0.6 is 11.3 Å².